The summed E-state index contributed by atoms with van der Waals surface area (Å²) in [5, 5.41) is 0. The van der Waals surface area contributed by atoms with Gasteiger partial charge in [0.25, 0.3) is 0 Å². The van der Waals surface area contributed by atoms with E-state index in [4.69, 9.17) is 10.5 Å². The fourth-order valence-corrected chi connectivity index (χ4v) is 2.25. The van der Waals surface area contributed by atoms with Crippen molar-refractivity contribution in [2.24, 2.45) is 11.7 Å². The number of nitrogens with zero attached hydrogens (tertiary/aromatic N) is 1. The van der Waals surface area contributed by atoms with Gasteiger partial charge in [0.15, 0.2) is 0 Å². The van der Waals surface area contributed by atoms with Gasteiger partial charge in [-0.25, -0.2) is 0 Å². The highest BCUT2D eigenvalue weighted by Crippen LogP contribution is 2.37. The number of primary amides is 1. The highest BCUT2D eigenvalue weighted by Gasteiger charge is 2.32. The second-order valence-corrected chi connectivity index (χ2v) is 4.87. The molecule has 0 unspecified atom stereocenters. The number of anilines is 1. The van der Waals surface area contributed by atoms with E-state index in [1.54, 1.807) is 7.11 Å². The number of carbonyl (C=O) groups excluding carboxylic acids is 1. The van der Waals surface area contributed by atoms with E-state index in [9.17, 15) is 4.79 Å². The molecule has 1 aromatic carbocycles. The Morgan fingerprint density at radius 1 is 1.44 bits per heavy atom. The fraction of sp³-hybridized carbons (Fsp3) is 0.500. The number of nitrogens with two attached hydrogens (primary N) is 1. The van der Waals surface area contributed by atoms with Crippen LogP contribution in [0.15, 0.2) is 24.3 Å². The third-order valence-corrected chi connectivity index (χ3v) is 3.53. The number of carbonyl (C=O) groups is 1. The van der Waals surface area contributed by atoms with Crippen molar-refractivity contribution in [2.45, 2.75) is 25.8 Å². The van der Waals surface area contributed by atoms with Gasteiger partial charge in [-0.1, -0.05) is 0 Å². The zero-order valence-electron chi connectivity index (χ0n) is 10.9. The van der Waals surface area contributed by atoms with Crippen LogP contribution in [0.4, 0.5) is 5.69 Å². The lowest BCUT2D eigenvalue weighted by atomic mass is 10.1. The molecule has 0 saturated heterocycles. The van der Waals surface area contributed by atoms with Crippen LogP contribution in [-0.4, -0.2) is 25.6 Å². The van der Waals surface area contributed by atoms with Crippen LogP contribution in [-0.2, 0) is 4.79 Å². The first-order valence-corrected chi connectivity index (χ1v) is 6.31. The Bertz CT molecular complexity index is 412. The Morgan fingerprint density at radius 2 is 2.06 bits per heavy atom. The smallest absolute Gasteiger partial charge is 0.236 e. The van der Waals surface area contributed by atoms with Gasteiger partial charge < -0.3 is 15.4 Å². The maximum atomic E-state index is 11.2. The maximum Gasteiger partial charge on any atom is 0.236 e. The Morgan fingerprint density at radius 3 is 2.50 bits per heavy atom. The number of methoxy groups -OCH3 is 1. The molecular weight excluding hydrogens is 228 g/mol. The quantitative estimate of drug-likeness (QED) is 0.835. The molecule has 0 heterocycles. The van der Waals surface area contributed by atoms with Crippen LogP contribution in [0.5, 0.6) is 5.75 Å². The molecule has 98 valence electrons. The van der Waals surface area contributed by atoms with Gasteiger partial charge in [-0.2, -0.15) is 0 Å². The van der Waals surface area contributed by atoms with E-state index in [-0.39, 0.29) is 12.5 Å². The molecule has 0 bridgehead atoms. The molecule has 1 aliphatic carbocycles. The predicted molar refractivity (Wildman–Crippen MR) is 71.7 cm³/mol. The number of hydrogen-bond donors (Lipinski definition) is 1. The van der Waals surface area contributed by atoms with Gasteiger partial charge >= 0.3 is 0 Å². The lowest BCUT2D eigenvalue weighted by molar-refractivity contribution is -0.116. The monoisotopic (exact) mass is 248 g/mol. The zero-order chi connectivity index (χ0) is 13.1. The topological polar surface area (TPSA) is 55.6 Å². The first-order chi connectivity index (χ1) is 8.61. The summed E-state index contributed by atoms with van der Waals surface area (Å²) in [5.41, 5.74) is 6.36. The molecule has 1 fully saturated rings. The van der Waals surface area contributed by atoms with Gasteiger partial charge in [0.1, 0.15) is 5.75 Å². The summed E-state index contributed by atoms with van der Waals surface area (Å²) in [4.78, 5) is 13.3. The Kier molecular flexibility index (Phi) is 3.75. The molecule has 2 rings (SSSR count). The highest BCUT2D eigenvalue weighted by atomic mass is 16.5. The average Bonchev–Trinajstić information content (AvgIpc) is 3.19. The lowest BCUT2D eigenvalue weighted by Gasteiger charge is -2.30. The molecule has 4 heteroatoms. The highest BCUT2D eigenvalue weighted by molar-refractivity contribution is 5.79. The summed E-state index contributed by atoms with van der Waals surface area (Å²) < 4.78 is 5.14. The van der Waals surface area contributed by atoms with Crippen molar-refractivity contribution >= 4 is 11.6 Å². The lowest BCUT2D eigenvalue weighted by Crippen LogP contribution is -2.41. The normalized spacial score (nSPS) is 16.1. The molecule has 18 heavy (non-hydrogen) atoms. The molecule has 0 radical (unpaired) electrons. The number of benzene rings is 1. The fourth-order valence-electron chi connectivity index (χ4n) is 2.25. The molecule has 0 spiro atoms. The first kappa shape index (κ1) is 12.7. The molecule has 1 saturated carbocycles. The van der Waals surface area contributed by atoms with Gasteiger partial charge in [0, 0.05) is 11.7 Å². The van der Waals surface area contributed by atoms with Crippen molar-refractivity contribution in [1.82, 2.24) is 0 Å². The van der Waals surface area contributed by atoms with Crippen molar-refractivity contribution in [1.29, 1.82) is 0 Å². The van der Waals surface area contributed by atoms with E-state index in [1.165, 1.54) is 12.8 Å². The Hall–Kier alpha value is -1.71. The third kappa shape index (κ3) is 2.94. The third-order valence-electron chi connectivity index (χ3n) is 3.53. The van der Waals surface area contributed by atoms with Crippen molar-refractivity contribution in [2.75, 3.05) is 18.6 Å². The van der Waals surface area contributed by atoms with Gasteiger partial charge in [-0.3, -0.25) is 4.79 Å². The summed E-state index contributed by atoms with van der Waals surface area (Å²) >= 11 is 0. The van der Waals surface area contributed by atoms with Crippen LogP contribution in [0.3, 0.4) is 0 Å². The van der Waals surface area contributed by atoms with Gasteiger partial charge in [0.05, 0.1) is 13.7 Å². The summed E-state index contributed by atoms with van der Waals surface area (Å²) in [5.74, 6) is 1.21. The molecule has 2 N–H and O–H groups in total. The second kappa shape index (κ2) is 5.29. The van der Waals surface area contributed by atoms with Crippen LogP contribution < -0.4 is 15.4 Å². The summed E-state index contributed by atoms with van der Waals surface area (Å²) in [6.45, 7) is 2.43. The van der Waals surface area contributed by atoms with E-state index >= 15 is 0 Å². The molecule has 0 aromatic heterocycles. The van der Waals surface area contributed by atoms with Crippen LogP contribution >= 0.6 is 0 Å². The Balaban J connectivity index is 2.17. The molecule has 1 atom stereocenters. The van der Waals surface area contributed by atoms with Crippen molar-refractivity contribution in [3.63, 3.8) is 0 Å². The largest absolute Gasteiger partial charge is 0.497 e. The van der Waals surface area contributed by atoms with Crippen LogP contribution in [0.1, 0.15) is 19.8 Å². The van der Waals surface area contributed by atoms with Crippen LogP contribution in [0.25, 0.3) is 0 Å². The van der Waals surface area contributed by atoms with Gasteiger partial charge in [-0.05, 0) is 49.9 Å². The number of rotatable bonds is 6. The summed E-state index contributed by atoms with van der Waals surface area (Å²) in [7, 11) is 1.64. The van der Waals surface area contributed by atoms with Gasteiger partial charge in [-0.15, -0.1) is 0 Å². The average molecular weight is 248 g/mol. The predicted octanol–water partition coefficient (Wildman–Crippen LogP) is 1.79. The van der Waals surface area contributed by atoms with Crippen molar-refractivity contribution in [3.8, 4) is 5.75 Å². The minimum absolute atomic E-state index is 0.268. The molecule has 1 aliphatic rings. The molecule has 1 amide bonds. The van der Waals surface area contributed by atoms with E-state index in [2.05, 4.69) is 11.8 Å². The van der Waals surface area contributed by atoms with Crippen LogP contribution in [0, 0.1) is 5.92 Å². The minimum Gasteiger partial charge on any atom is -0.497 e. The van der Waals surface area contributed by atoms with E-state index < -0.39 is 0 Å². The number of amides is 1. The number of hydrogen-bond acceptors (Lipinski definition) is 3. The summed E-state index contributed by atoms with van der Waals surface area (Å²) in [6, 6.07) is 8.11. The van der Waals surface area contributed by atoms with Gasteiger partial charge in [0.2, 0.25) is 5.91 Å². The van der Waals surface area contributed by atoms with E-state index in [0.29, 0.717) is 12.0 Å². The van der Waals surface area contributed by atoms with E-state index in [1.807, 2.05) is 24.3 Å². The Labute approximate surface area is 108 Å². The molecule has 4 nitrogen and oxygen atoms in total. The van der Waals surface area contributed by atoms with Crippen molar-refractivity contribution in [3.05, 3.63) is 24.3 Å². The molecular formula is C14H20N2O2. The zero-order valence-corrected chi connectivity index (χ0v) is 10.9. The van der Waals surface area contributed by atoms with Crippen molar-refractivity contribution < 1.29 is 9.53 Å². The number of ether oxygens (including phenoxy) is 1. The molecule has 1 aromatic rings. The minimum atomic E-state index is -0.293. The maximum absolute atomic E-state index is 11.2. The van der Waals surface area contributed by atoms with E-state index in [0.717, 1.165) is 11.4 Å². The summed E-state index contributed by atoms with van der Waals surface area (Å²) in [6.07, 6.45) is 2.49. The SMILES string of the molecule is COc1ccc(N(CC(N)=O)[C@@H](C)C2CC2)cc1. The second-order valence-electron chi connectivity index (χ2n) is 4.87. The van der Waals surface area contributed by atoms with Crippen LogP contribution in [0.2, 0.25) is 0 Å². The standard InChI is InChI=1S/C14H20N2O2/c1-10(11-3-4-11)16(9-14(15)17)12-5-7-13(18-2)8-6-12/h5-8,10-11H,3-4,9H2,1-2H3,(H2,15,17)/t10-/m0/s1. The first-order valence-electron chi connectivity index (χ1n) is 6.31. The molecule has 0 aliphatic heterocycles.